The van der Waals surface area contributed by atoms with Crippen molar-refractivity contribution in [1.29, 1.82) is 0 Å². The first-order chi connectivity index (χ1) is 9.38. The lowest BCUT2D eigenvalue weighted by Gasteiger charge is -2.48. The highest BCUT2D eigenvalue weighted by Gasteiger charge is 2.43. The van der Waals surface area contributed by atoms with Gasteiger partial charge in [-0.3, -0.25) is 0 Å². The lowest BCUT2D eigenvalue weighted by molar-refractivity contribution is 0.0541. The number of halogens is 2. The van der Waals surface area contributed by atoms with Crippen molar-refractivity contribution in [3.05, 3.63) is 35.4 Å². The highest BCUT2D eigenvalue weighted by molar-refractivity contribution is 5.27. The van der Waals surface area contributed by atoms with Crippen LogP contribution in [0.2, 0.25) is 0 Å². The topological polar surface area (TPSA) is 29.3 Å². The van der Waals surface area contributed by atoms with Crippen molar-refractivity contribution in [1.82, 2.24) is 4.90 Å². The minimum Gasteiger partial charge on any atom is -0.322 e. The molecule has 1 atom stereocenters. The molecule has 20 heavy (non-hydrogen) atoms. The molecule has 1 fully saturated rings. The molecule has 1 saturated carbocycles. The maximum absolute atomic E-state index is 14.0. The molecule has 2 rings (SSSR count). The predicted molar refractivity (Wildman–Crippen MR) is 77.3 cm³/mol. The van der Waals surface area contributed by atoms with E-state index < -0.39 is 17.7 Å². The van der Waals surface area contributed by atoms with Crippen LogP contribution in [0.5, 0.6) is 0 Å². The van der Waals surface area contributed by atoms with Gasteiger partial charge in [-0.25, -0.2) is 8.78 Å². The standard InChI is InChI=1S/C16H24F2N2/c1-11-7-9-16(10-8-11,20(2)3)15(19)14-12(17)5-4-6-13(14)18/h4-6,11,15H,7-10,19H2,1-3H3. The number of hydrogen-bond donors (Lipinski definition) is 1. The fourth-order valence-corrected chi connectivity index (χ4v) is 3.37. The van der Waals surface area contributed by atoms with Gasteiger partial charge in [0.05, 0.1) is 6.04 Å². The molecule has 1 aromatic carbocycles. The van der Waals surface area contributed by atoms with Gasteiger partial charge in [-0.1, -0.05) is 13.0 Å². The second-order valence-corrected chi connectivity index (χ2v) is 6.29. The molecule has 0 bridgehead atoms. The molecule has 1 aliphatic carbocycles. The summed E-state index contributed by atoms with van der Waals surface area (Å²) >= 11 is 0. The van der Waals surface area contributed by atoms with Crippen LogP contribution in [0.15, 0.2) is 18.2 Å². The summed E-state index contributed by atoms with van der Waals surface area (Å²) < 4.78 is 28.1. The Hall–Kier alpha value is -1.00. The summed E-state index contributed by atoms with van der Waals surface area (Å²) in [6.07, 6.45) is 3.83. The molecule has 0 amide bonds. The van der Waals surface area contributed by atoms with Crippen LogP contribution in [0, 0.1) is 17.6 Å². The molecule has 2 nitrogen and oxygen atoms in total. The fourth-order valence-electron chi connectivity index (χ4n) is 3.37. The second-order valence-electron chi connectivity index (χ2n) is 6.29. The third-order valence-corrected chi connectivity index (χ3v) is 4.92. The molecule has 0 aliphatic heterocycles. The predicted octanol–water partition coefficient (Wildman–Crippen LogP) is 3.48. The first-order valence-electron chi connectivity index (χ1n) is 7.25. The van der Waals surface area contributed by atoms with Gasteiger partial charge in [-0.05, 0) is 57.8 Å². The van der Waals surface area contributed by atoms with E-state index in [2.05, 4.69) is 11.8 Å². The molecule has 1 aliphatic rings. The minimum atomic E-state index is -0.647. The number of nitrogens with zero attached hydrogens (tertiary/aromatic N) is 1. The van der Waals surface area contributed by atoms with Crippen LogP contribution in [-0.2, 0) is 0 Å². The Kier molecular flexibility index (Phi) is 4.45. The number of nitrogens with two attached hydrogens (primary N) is 1. The minimum absolute atomic E-state index is 0.0238. The highest BCUT2D eigenvalue weighted by Crippen LogP contribution is 2.43. The summed E-state index contributed by atoms with van der Waals surface area (Å²) in [4.78, 5) is 2.05. The van der Waals surface area contributed by atoms with Crippen LogP contribution < -0.4 is 5.73 Å². The third kappa shape index (κ3) is 2.59. The molecule has 1 aromatic rings. The van der Waals surface area contributed by atoms with E-state index in [9.17, 15) is 8.78 Å². The lowest BCUT2D eigenvalue weighted by atomic mass is 9.70. The first kappa shape index (κ1) is 15.4. The molecular weight excluding hydrogens is 258 g/mol. The Morgan fingerprint density at radius 3 is 2.15 bits per heavy atom. The SMILES string of the molecule is CC1CCC(C(N)c2c(F)cccc2F)(N(C)C)CC1. The third-order valence-electron chi connectivity index (χ3n) is 4.92. The highest BCUT2D eigenvalue weighted by atomic mass is 19.1. The molecule has 0 aromatic heterocycles. The van der Waals surface area contributed by atoms with Crippen molar-refractivity contribution in [2.45, 2.75) is 44.2 Å². The molecule has 2 N–H and O–H groups in total. The summed E-state index contributed by atoms with van der Waals surface area (Å²) in [5.41, 5.74) is 5.99. The Bertz CT molecular complexity index is 445. The Morgan fingerprint density at radius 2 is 1.70 bits per heavy atom. The van der Waals surface area contributed by atoms with Crippen molar-refractivity contribution >= 4 is 0 Å². The smallest absolute Gasteiger partial charge is 0.130 e. The summed E-state index contributed by atoms with van der Waals surface area (Å²) in [6.45, 7) is 2.22. The van der Waals surface area contributed by atoms with Gasteiger partial charge in [0.15, 0.2) is 0 Å². The van der Waals surface area contributed by atoms with Crippen LogP contribution in [0.25, 0.3) is 0 Å². The molecule has 1 unspecified atom stereocenters. The average Bonchev–Trinajstić information content (AvgIpc) is 2.39. The van der Waals surface area contributed by atoms with Gasteiger partial charge < -0.3 is 10.6 Å². The molecule has 0 spiro atoms. The van der Waals surface area contributed by atoms with E-state index >= 15 is 0 Å². The number of hydrogen-bond acceptors (Lipinski definition) is 2. The quantitative estimate of drug-likeness (QED) is 0.919. The number of rotatable bonds is 3. The van der Waals surface area contributed by atoms with E-state index in [-0.39, 0.29) is 11.1 Å². The van der Waals surface area contributed by atoms with Crippen LogP contribution in [0.3, 0.4) is 0 Å². The van der Waals surface area contributed by atoms with E-state index in [0.29, 0.717) is 5.92 Å². The Balaban J connectivity index is 2.40. The van der Waals surface area contributed by atoms with E-state index in [0.717, 1.165) is 25.7 Å². The summed E-state index contributed by atoms with van der Waals surface area (Å²) in [5.74, 6) is -0.435. The first-order valence-corrected chi connectivity index (χ1v) is 7.25. The summed E-state index contributed by atoms with van der Waals surface area (Å²) in [6, 6.07) is 3.30. The van der Waals surface area contributed by atoms with E-state index in [4.69, 9.17) is 5.73 Å². The van der Waals surface area contributed by atoms with Crippen molar-refractivity contribution < 1.29 is 8.78 Å². The van der Waals surface area contributed by atoms with Gasteiger partial charge in [0.25, 0.3) is 0 Å². The van der Waals surface area contributed by atoms with Gasteiger partial charge in [-0.15, -0.1) is 0 Å². The van der Waals surface area contributed by atoms with Crippen molar-refractivity contribution in [3.63, 3.8) is 0 Å². The zero-order valence-electron chi connectivity index (χ0n) is 12.5. The number of likely N-dealkylation sites (N-methyl/N-ethyl adjacent to an activating group) is 1. The zero-order chi connectivity index (χ0) is 14.9. The molecular formula is C16H24F2N2. The van der Waals surface area contributed by atoms with Gasteiger partial charge >= 0.3 is 0 Å². The van der Waals surface area contributed by atoms with Gasteiger partial charge in [0, 0.05) is 11.1 Å². The fraction of sp³-hybridized carbons (Fsp3) is 0.625. The van der Waals surface area contributed by atoms with E-state index in [1.807, 2.05) is 14.1 Å². The lowest BCUT2D eigenvalue weighted by Crippen LogP contribution is -2.54. The largest absolute Gasteiger partial charge is 0.322 e. The van der Waals surface area contributed by atoms with Crippen molar-refractivity contribution in [2.24, 2.45) is 11.7 Å². The Morgan fingerprint density at radius 1 is 1.20 bits per heavy atom. The average molecular weight is 282 g/mol. The van der Waals surface area contributed by atoms with Crippen LogP contribution >= 0.6 is 0 Å². The maximum Gasteiger partial charge on any atom is 0.130 e. The Labute approximate surface area is 120 Å². The molecule has 4 heteroatoms. The van der Waals surface area contributed by atoms with Crippen LogP contribution in [-0.4, -0.2) is 24.5 Å². The maximum atomic E-state index is 14.0. The molecule has 0 saturated heterocycles. The van der Waals surface area contributed by atoms with E-state index in [1.54, 1.807) is 0 Å². The van der Waals surface area contributed by atoms with Crippen molar-refractivity contribution in [3.8, 4) is 0 Å². The zero-order valence-corrected chi connectivity index (χ0v) is 12.5. The monoisotopic (exact) mass is 282 g/mol. The molecule has 0 heterocycles. The normalized spacial score (nSPS) is 28.6. The van der Waals surface area contributed by atoms with Crippen LogP contribution in [0.1, 0.15) is 44.2 Å². The van der Waals surface area contributed by atoms with E-state index in [1.165, 1.54) is 18.2 Å². The summed E-state index contributed by atoms with van der Waals surface area (Å²) in [5, 5.41) is 0. The second kappa shape index (κ2) is 5.78. The number of benzene rings is 1. The van der Waals surface area contributed by atoms with Gasteiger partial charge in [-0.2, -0.15) is 0 Å². The van der Waals surface area contributed by atoms with Gasteiger partial charge in [0.1, 0.15) is 11.6 Å². The van der Waals surface area contributed by atoms with Crippen LogP contribution in [0.4, 0.5) is 8.78 Å². The van der Waals surface area contributed by atoms with Gasteiger partial charge in [0.2, 0.25) is 0 Å². The summed E-state index contributed by atoms with van der Waals surface area (Å²) in [7, 11) is 3.91. The molecule has 112 valence electrons. The van der Waals surface area contributed by atoms with Crippen molar-refractivity contribution in [2.75, 3.05) is 14.1 Å². The molecule has 0 radical (unpaired) electrons.